The Kier molecular flexibility index (Phi) is 5.49. The van der Waals surface area contributed by atoms with Crippen molar-refractivity contribution in [2.45, 2.75) is 26.8 Å². The van der Waals surface area contributed by atoms with Crippen molar-refractivity contribution >= 4 is 34.1 Å². The summed E-state index contributed by atoms with van der Waals surface area (Å²) in [4.78, 5) is 41.1. The van der Waals surface area contributed by atoms with E-state index in [9.17, 15) is 18.8 Å². The molecule has 0 saturated carbocycles. The molecular formula is C20H19FN4O3. The number of aryl methyl sites for hydroxylation is 1. The van der Waals surface area contributed by atoms with E-state index in [4.69, 9.17) is 0 Å². The maximum absolute atomic E-state index is 13.0. The molecule has 0 unspecified atom stereocenters. The second-order valence-corrected chi connectivity index (χ2v) is 6.24. The van der Waals surface area contributed by atoms with E-state index >= 15 is 0 Å². The van der Waals surface area contributed by atoms with Crippen LogP contribution in [0.3, 0.4) is 0 Å². The number of carbonyl (C=O) groups excluding carboxylic acids is 2. The molecule has 3 rings (SSSR count). The zero-order valence-electron chi connectivity index (χ0n) is 15.5. The Morgan fingerprint density at radius 1 is 1.04 bits per heavy atom. The molecule has 0 aliphatic carbocycles. The second-order valence-electron chi connectivity index (χ2n) is 6.24. The molecule has 1 aromatic heterocycles. The molecule has 1 heterocycles. The van der Waals surface area contributed by atoms with Crippen LogP contribution in [0.15, 0.2) is 47.3 Å². The van der Waals surface area contributed by atoms with Crippen molar-refractivity contribution in [1.82, 2.24) is 9.55 Å². The minimum Gasteiger partial charge on any atom is -0.326 e. The van der Waals surface area contributed by atoms with E-state index in [1.54, 1.807) is 32.0 Å². The summed E-state index contributed by atoms with van der Waals surface area (Å²) >= 11 is 0. The predicted octanol–water partition coefficient (Wildman–Crippen LogP) is 2.83. The van der Waals surface area contributed by atoms with Gasteiger partial charge in [-0.2, -0.15) is 0 Å². The van der Waals surface area contributed by atoms with Gasteiger partial charge in [-0.05, 0) is 49.4 Å². The summed E-state index contributed by atoms with van der Waals surface area (Å²) in [5.74, 6) is -0.626. The number of aromatic nitrogens is 2. The maximum atomic E-state index is 13.0. The quantitative estimate of drug-likeness (QED) is 0.710. The average Bonchev–Trinajstić information content (AvgIpc) is 2.67. The highest BCUT2D eigenvalue weighted by molar-refractivity contribution is 5.93. The van der Waals surface area contributed by atoms with E-state index in [-0.39, 0.29) is 18.0 Å². The lowest BCUT2D eigenvalue weighted by molar-refractivity contribution is -0.117. The van der Waals surface area contributed by atoms with Crippen LogP contribution in [0.1, 0.15) is 19.2 Å². The number of anilines is 2. The molecule has 3 aromatic rings. The number of carbonyl (C=O) groups is 2. The molecule has 144 valence electrons. The lowest BCUT2D eigenvalue weighted by Gasteiger charge is -2.12. The molecule has 0 spiro atoms. The van der Waals surface area contributed by atoms with Crippen LogP contribution < -0.4 is 16.2 Å². The van der Waals surface area contributed by atoms with E-state index in [1.165, 1.54) is 28.8 Å². The molecule has 0 atom stereocenters. The van der Waals surface area contributed by atoms with Gasteiger partial charge in [0.05, 0.1) is 10.9 Å². The molecule has 2 N–H and O–H groups in total. The highest BCUT2D eigenvalue weighted by Gasteiger charge is 2.13. The highest BCUT2D eigenvalue weighted by Crippen LogP contribution is 2.16. The van der Waals surface area contributed by atoms with Crippen LogP contribution in [0, 0.1) is 12.7 Å². The first-order valence-corrected chi connectivity index (χ1v) is 8.74. The number of amides is 2. The summed E-state index contributed by atoms with van der Waals surface area (Å²) in [7, 11) is 0. The first-order chi connectivity index (χ1) is 13.4. The topological polar surface area (TPSA) is 93.1 Å². The standard InChI is InChI=1S/C20H19FN4O3/c1-3-18(26)24-15-8-9-17-16(10-15)20(28)25(12(2)22-17)11-19(27)23-14-6-4-13(21)5-7-14/h4-10H,3,11H2,1-2H3,(H,23,27)(H,24,26). The first-order valence-electron chi connectivity index (χ1n) is 8.74. The van der Waals surface area contributed by atoms with Gasteiger partial charge in [-0.3, -0.25) is 19.0 Å². The van der Waals surface area contributed by atoms with Crippen LogP contribution >= 0.6 is 0 Å². The van der Waals surface area contributed by atoms with Crippen LogP contribution in [0.25, 0.3) is 10.9 Å². The Labute approximate surface area is 160 Å². The van der Waals surface area contributed by atoms with Crippen LogP contribution in [0.5, 0.6) is 0 Å². The molecule has 0 bridgehead atoms. The van der Waals surface area contributed by atoms with Crippen molar-refractivity contribution in [2.75, 3.05) is 10.6 Å². The van der Waals surface area contributed by atoms with E-state index in [0.717, 1.165) is 0 Å². The van der Waals surface area contributed by atoms with E-state index in [0.29, 0.717) is 34.5 Å². The van der Waals surface area contributed by atoms with Crippen molar-refractivity contribution in [3.05, 3.63) is 64.5 Å². The van der Waals surface area contributed by atoms with Crippen LogP contribution in [-0.4, -0.2) is 21.4 Å². The number of nitrogens with zero attached hydrogens (tertiary/aromatic N) is 2. The molecule has 0 radical (unpaired) electrons. The zero-order valence-corrected chi connectivity index (χ0v) is 15.5. The number of benzene rings is 2. The maximum Gasteiger partial charge on any atom is 0.261 e. The molecule has 8 heteroatoms. The smallest absolute Gasteiger partial charge is 0.261 e. The van der Waals surface area contributed by atoms with Crippen molar-refractivity contribution < 1.29 is 14.0 Å². The van der Waals surface area contributed by atoms with Gasteiger partial charge in [0.1, 0.15) is 18.2 Å². The van der Waals surface area contributed by atoms with Gasteiger partial charge in [-0.25, -0.2) is 9.37 Å². The molecule has 0 fully saturated rings. The van der Waals surface area contributed by atoms with Crippen molar-refractivity contribution in [3.63, 3.8) is 0 Å². The molecule has 0 saturated heterocycles. The summed E-state index contributed by atoms with van der Waals surface area (Å²) in [5, 5.41) is 5.61. The van der Waals surface area contributed by atoms with Gasteiger partial charge in [-0.1, -0.05) is 6.92 Å². The van der Waals surface area contributed by atoms with Gasteiger partial charge in [0, 0.05) is 17.8 Å². The molecule has 2 amide bonds. The minimum atomic E-state index is -0.437. The fraction of sp³-hybridized carbons (Fsp3) is 0.200. The van der Waals surface area contributed by atoms with Crippen LogP contribution in [0.4, 0.5) is 15.8 Å². The predicted molar refractivity (Wildman–Crippen MR) is 105 cm³/mol. The van der Waals surface area contributed by atoms with E-state index in [1.807, 2.05) is 0 Å². The summed E-state index contributed by atoms with van der Waals surface area (Å²) in [6.45, 7) is 3.13. The summed E-state index contributed by atoms with van der Waals surface area (Å²) in [5.41, 5.74) is 1.01. The molecular weight excluding hydrogens is 363 g/mol. The average molecular weight is 382 g/mol. The molecule has 28 heavy (non-hydrogen) atoms. The molecule has 2 aromatic carbocycles. The summed E-state index contributed by atoms with van der Waals surface area (Å²) in [6.07, 6.45) is 0.317. The Balaban J connectivity index is 1.89. The van der Waals surface area contributed by atoms with Gasteiger partial charge in [0.2, 0.25) is 11.8 Å². The second kappa shape index (κ2) is 7.99. The number of hydrogen-bond acceptors (Lipinski definition) is 4. The van der Waals surface area contributed by atoms with Crippen molar-refractivity contribution in [2.24, 2.45) is 0 Å². The first kappa shape index (κ1) is 19.2. The monoisotopic (exact) mass is 382 g/mol. The summed E-state index contributed by atoms with van der Waals surface area (Å²) < 4.78 is 14.2. The molecule has 0 aliphatic heterocycles. The van der Waals surface area contributed by atoms with Gasteiger partial charge < -0.3 is 10.6 Å². The lowest BCUT2D eigenvalue weighted by Crippen LogP contribution is -2.30. The van der Waals surface area contributed by atoms with Gasteiger partial charge in [-0.15, -0.1) is 0 Å². The Morgan fingerprint density at radius 3 is 2.36 bits per heavy atom. The molecule has 0 aliphatic rings. The zero-order chi connectivity index (χ0) is 20.3. The Bertz CT molecular complexity index is 1110. The fourth-order valence-electron chi connectivity index (χ4n) is 2.72. The Hall–Kier alpha value is -3.55. The number of hydrogen-bond donors (Lipinski definition) is 2. The third-order valence-corrected chi connectivity index (χ3v) is 4.18. The number of nitrogens with one attached hydrogen (secondary N) is 2. The van der Waals surface area contributed by atoms with E-state index < -0.39 is 11.7 Å². The number of fused-ring (bicyclic) bond motifs is 1. The van der Waals surface area contributed by atoms with Gasteiger partial charge >= 0.3 is 0 Å². The molecule has 7 nitrogen and oxygen atoms in total. The third kappa shape index (κ3) is 4.22. The van der Waals surface area contributed by atoms with Crippen LogP contribution in [-0.2, 0) is 16.1 Å². The van der Waals surface area contributed by atoms with Gasteiger partial charge in [0.25, 0.3) is 5.56 Å². The van der Waals surface area contributed by atoms with Crippen molar-refractivity contribution in [3.8, 4) is 0 Å². The number of halogens is 1. The number of rotatable bonds is 5. The lowest BCUT2D eigenvalue weighted by atomic mass is 10.2. The van der Waals surface area contributed by atoms with Gasteiger partial charge in [0.15, 0.2) is 0 Å². The summed E-state index contributed by atoms with van der Waals surface area (Å²) in [6, 6.07) is 10.2. The fourth-order valence-corrected chi connectivity index (χ4v) is 2.72. The normalized spacial score (nSPS) is 10.7. The Morgan fingerprint density at radius 2 is 1.68 bits per heavy atom. The van der Waals surface area contributed by atoms with Crippen molar-refractivity contribution in [1.29, 1.82) is 0 Å². The highest BCUT2D eigenvalue weighted by atomic mass is 19.1. The minimum absolute atomic E-state index is 0.168. The largest absolute Gasteiger partial charge is 0.326 e. The SMILES string of the molecule is CCC(=O)Nc1ccc2nc(C)n(CC(=O)Nc3ccc(F)cc3)c(=O)c2c1. The van der Waals surface area contributed by atoms with Crippen LogP contribution in [0.2, 0.25) is 0 Å². The van der Waals surface area contributed by atoms with E-state index in [2.05, 4.69) is 15.6 Å². The third-order valence-electron chi connectivity index (χ3n) is 4.18.